The van der Waals surface area contributed by atoms with Gasteiger partial charge in [0.1, 0.15) is 11.9 Å². The molecule has 0 aliphatic rings. The summed E-state index contributed by atoms with van der Waals surface area (Å²) in [5, 5.41) is 2.47. The molecule has 18 heavy (non-hydrogen) atoms. The van der Waals surface area contributed by atoms with Gasteiger partial charge in [0.15, 0.2) is 0 Å². The summed E-state index contributed by atoms with van der Waals surface area (Å²) in [7, 11) is 0. The van der Waals surface area contributed by atoms with Crippen molar-refractivity contribution in [2.75, 3.05) is 6.61 Å². The van der Waals surface area contributed by atoms with Crippen LogP contribution >= 0.6 is 15.9 Å². The summed E-state index contributed by atoms with van der Waals surface area (Å²) >= 11 is 2.99. The van der Waals surface area contributed by atoms with Crippen LogP contribution < -0.4 is 5.32 Å². The van der Waals surface area contributed by atoms with E-state index in [1.165, 1.54) is 25.1 Å². The highest BCUT2D eigenvalue weighted by molar-refractivity contribution is 9.10. The highest BCUT2D eigenvalue weighted by atomic mass is 79.9. The van der Waals surface area contributed by atoms with E-state index in [0.717, 1.165) is 0 Å². The average molecular weight is 318 g/mol. The number of carbonyl (C=O) groups is 2. The average Bonchev–Trinajstić information content (AvgIpc) is 2.32. The van der Waals surface area contributed by atoms with E-state index in [0.29, 0.717) is 0 Å². The van der Waals surface area contributed by atoms with Crippen LogP contribution in [0.25, 0.3) is 0 Å². The maximum Gasteiger partial charge on any atom is 0.328 e. The minimum absolute atomic E-state index is 0.193. The zero-order valence-electron chi connectivity index (χ0n) is 10.00. The molecule has 1 N–H and O–H groups in total. The fraction of sp³-hybridized carbons (Fsp3) is 0.333. The Kier molecular flexibility index (Phi) is 5.27. The lowest BCUT2D eigenvalue weighted by Crippen LogP contribution is -2.39. The van der Waals surface area contributed by atoms with Crippen LogP contribution in [0.5, 0.6) is 0 Å². The molecule has 0 saturated carbocycles. The maximum absolute atomic E-state index is 13.0. The molecule has 0 aliphatic carbocycles. The molecule has 1 amide bonds. The van der Waals surface area contributed by atoms with Gasteiger partial charge in [-0.1, -0.05) is 0 Å². The number of amides is 1. The zero-order chi connectivity index (χ0) is 13.7. The van der Waals surface area contributed by atoms with Crippen LogP contribution in [0.15, 0.2) is 22.7 Å². The lowest BCUT2D eigenvalue weighted by molar-refractivity contribution is -0.144. The van der Waals surface area contributed by atoms with Gasteiger partial charge in [-0.15, -0.1) is 0 Å². The Labute approximate surface area is 113 Å². The molecule has 0 bridgehead atoms. The smallest absolute Gasteiger partial charge is 0.328 e. The standard InChI is InChI=1S/C12H13BrFNO3/c1-3-18-12(17)7(2)15-11(16)8-4-5-10(14)9(13)6-8/h4-7H,3H2,1-2H3,(H,15,16). The van der Waals surface area contributed by atoms with Crippen LogP contribution in [0.1, 0.15) is 24.2 Å². The normalized spacial score (nSPS) is 11.8. The Hall–Kier alpha value is -1.43. The third-order valence-electron chi connectivity index (χ3n) is 2.17. The monoisotopic (exact) mass is 317 g/mol. The van der Waals surface area contributed by atoms with Crippen molar-refractivity contribution >= 4 is 27.8 Å². The van der Waals surface area contributed by atoms with Crippen LogP contribution in [0.2, 0.25) is 0 Å². The van der Waals surface area contributed by atoms with E-state index in [1.54, 1.807) is 6.92 Å². The molecule has 1 atom stereocenters. The molecule has 6 heteroatoms. The quantitative estimate of drug-likeness (QED) is 0.867. The van der Waals surface area contributed by atoms with Gasteiger partial charge in [0.2, 0.25) is 0 Å². The van der Waals surface area contributed by atoms with Crippen LogP contribution in [0.3, 0.4) is 0 Å². The topological polar surface area (TPSA) is 55.4 Å². The fourth-order valence-corrected chi connectivity index (χ4v) is 1.62. The zero-order valence-corrected chi connectivity index (χ0v) is 11.6. The van der Waals surface area contributed by atoms with Gasteiger partial charge in [0.25, 0.3) is 5.91 Å². The molecule has 98 valence electrons. The van der Waals surface area contributed by atoms with Crippen molar-refractivity contribution in [1.82, 2.24) is 5.32 Å². The maximum atomic E-state index is 13.0. The summed E-state index contributed by atoms with van der Waals surface area (Å²) in [5.41, 5.74) is 0.263. The molecule has 0 aromatic heterocycles. The van der Waals surface area contributed by atoms with E-state index in [4.69, 9.17) is 4.74 Å². The number of esters is 1. The number of benzene rings is 1. The predicted octanol–water partition coefficient (Wildman–Crippen LogP) is 2.27. The van der Waals surface area contributed by atoms with Crippen molar-refractivity contribution in [2.45, 2.75) is 19.9 Å². The third kappa shape index (κ3) is 3.80. The first kappa shape index (κ1) is 14.6. The van der Waals surface area contributed by atoms with Crippen LogP contribution in [-0.4, -0.2) is 24.5 Å². The van der Waals surface area contributed by atoms with E-state index >= 15 is 0 Å². The highest BCUT2D eigenvalue weighted by Gasteiger charge is 2.17. The minimum Gasteiger partial charge on any atom is -0.464 e. The van der Waals surface area contributed by atoms with E-state index in [-0.39, 0.29) is 16.6 Å². The number of hydrogen-bond acceptors (Lipinski definition) is 3. The molecule has 0 saturated heterocycles. The molecule has 0 aliphatic heterocycles. The Bertz CT molecular complexity index is 465. The van der Waals surface area contributed by atoms with Crippen molar-refractivity contribution in [3.05, 3.63) is 34.1 Å². The summed E-state index contributed by atoms with van der Waals surface area (Å²) in [5.74, 6) is -1.42. The molecule has 1 unspecified atom stereocenters. The second-order valence-electron chi connectivity index (χ2n) is 3.58. The van der Waals surface area contributed by atoms with Crippen molar-refractivity contribution in [1.29, 1.82) is 0 Å². The summed E-state index contributed by atoms with van der Waals surface area (Å²) < 4.78 is 18.0. The minimum atomic E-state index is -0.749. The predicted molar refractivity (Wildman–Crippen MR) is 67.7 cm³/mol. The number of carbonyl (C=O) groups excluding carboxylic acids is 2. The third-order valence-corrected chi connectivity index (χ3v) is 2.78. The van der Waals surface area contributed by atoms with Crippen molar-refractivity contribution in [2.24, 2.45) is 0 Å². The first-order valence-corrected chi connectivity index (χ1v) is 6.17. The number of nitrogens with one attached hydrogen (secondary N) is 1. The Morgan fingerprint density at radius 3 is 2.72 bits per heavy atom. The van der Waals surface area contributed by atoms with Gasteiger partial charge < -0.3 is 10.1 Å². The molecular formula is C12H13BrFNO3. The molecule has 4 nitrogen and oxygen atoms in total. The van der Waals surface area contributed by atoms with E-state index < -0.39 is 23.7 Å². The van der Waals surface area contributed by atoms with Gasteiger partial charge in [-0.3, -0.25) is 4.79 Å². The molecular weight excluding hydrogens is 305 g/mol. The SMILES string of the molecule is CCOC(=O)C(C)NC(=O)c1ccc(F)c(Br)c1. The Balaban J connectivity index is 2.70. The highest BCUT2D eigenvalue weighted by Crippen LogP contribution is 2.16. The first-order chi connectivity index (χ1) is 8.45. The lowest BCUT2D eigenvalue weighted by atomic mass is 10.2. The lowest BCUT2D eigenvalue weighted by Gasteiger charge is -2.12. The van der Waals surface area contributed by atoms with Crippen molar-refractivity contribution in [3.63, 3.8) is 0 Å². The summed E-state index contributed by atoms with van der Waals surface area (Å²) in [6.07, 6.45) is 0. The molecule has 0 heterocycles. The first-order valence-electron chi connectivity index (χ1n) is 5.38. The van der Waals surface area contributed by atoms with Crippen molar-refractivity contribution in [3.8, 4) is 0 Å². The second kappa shape index (κ2) is 6.49. The Morgan fingerprint density at radius 2 is 2.17 bits per heavy atom. The van der Waals surface area contributed by atoms with Gasteiger partial charge in [0.05, 0.1) is 11.1 Å². The van der Waals surface area contributed by atoms with Crippen LogP contribution in [0, 0.1) is 5.82 Å². The molecule has 0 spiro atoms. The van der Waals surface area contributed by atoms with Gasteiger partial charge in [-0.2, -0.15) is 0 Å². The van der Waals surface area contributed by atoms with Gasteiger partial charge in [0, 0.05) is 5.56 Å². The van der Waals surface area contributed by atoms with Crippen LogP contribution in [0.4, 0.5) is 4.39 Å². The largest absolute Gasteiger partial charge is 0.464 e. The number of rotatable bonds is 4. The van der Waals surface area contributed by atoms with E-state index in [2.05, 4.69) is 21.2 Å². The number of ether oxygens (including phenoxy) is 1. The van der Waals surface area contributed by atoms with E-state index in [9.17, 15) is 14.0 Å². The van der Waals surface area contributed by atoms with Gasteiger partial charge >= 0.3 is 5.97 Å². The Morgan fingerprint density at radius 1 is 1.50 bits per heavy atom. The second-order valence-corrected chi connectivity index (χ2v) is 4.43. The van der Waals surface area contributed by atoms with Crippen molar-refractivity contribution < 1.29 is 18.7 Å². The number of hydrogen-bond donors (Lipinski definition) is 1. The summed E-state index contributed by atoms with van der Waals surface area (Å²) in [6.45, 7) is 3.46. The molecule has 0 radical (unpaired) electrons. The molecule has 0 fully saturated rings. The summed E-state index contributed by atoms with van der Waals surface area (Å²) in [6, 6.07) is 3.12. The molecule has 1 rings (SSSR count). The molecule has 1 aromatic carbocycles. The van der Waals surface area contributed by atoms with Crippen LogP contribution in [-0.2, 0) is 9.53 Å². The van der Waals surface area contributed by atoms with Gasteiger partial charge in [-0.25, -0.2) is 9.18 Å². The fourth-order valence-electron chi connectivity index (χ4n) is 1.24. The van der Waals surface area contributed by atoms with Gasteiger partial charge in [-0.05, 0) is 48.0 Å². The summed E-state index contributed by atoms with van der Waals surface area (Å²) in [4.78, 5) is 23.1. The number of halogens is 2. The molecule has 1 aromatic rings. The van der Waals surface area contributed by atoms with E-state index in [1.807, 2.05) is 0 Å².